The highest BCUT2D eigenvalue weighted by Crippen LogP contribution is 2.28. The van der Waals surface area contributed by atoms with E-state index in [0.29, 0.717) is 0 Å². The molecule has 0 saturated carbocycles. The number of halogens is 3. The van der Waals surface area contributed by atoms with E-state index in [1.165, 1.54) is 6.07 Å². The maximum atomic E-state index is 13.0. The van der Waals surface area contributed by atoms with E-state index in [1.54, 1.807) is 0 Å². The second kappa shape index (κ2) is 5.34. The average molecular weight is 243 g/mol. The van der Waals surface area contributed by atoms with Crippen LogP contribution in [-0.2, 0) is 4.79 Å². The molecule has 0 radical (unpaired) electrons. The van der Waals surface area contributed by atoms with Crippen molar-refractivity contribution in [3.8, 4) is 6.07 Å². The van der Waals surface area contributed by atoms with Crippen molar-refractivity contribution < 1.29 is 23.1 Å². The second-order valence-electron chi connectivity index (χ2n) is 3.39. The number of carboxylic acids is 1. The van der Waals surface area contributed by atoms with E-state index in [2.05, 4.69) is 0 Å². The Hall–Kier alpha value is -2.03. The lowest BCUT2D eigenvalue weighted by Crippen LogP contribution is -2.14. The summed E-state index contributed by atoms with van der Waals surface area (Å²) in [6.07, 6.45) is -3.66. The first kappa shape index (κ1) is 13.0. The normalized spacial score (nSPS) is 12.2. The fourth-order valence-corrected chi connectivity index (χ4v) is 1.40. The van der Waals surface area contributed by atoms with Crippen molar-refractivity contribution in [1.29, 1.82) is 5.26 Å². The predicted molar refractivity (Wildman–Crippen MR) is 52.1 cm³/mol. The van der Waals surface area contributed by atoms with Gasteiger partial charge >= 0.3 is 5.97 Å². The highest BCUT2D eigenvalue weighted by Gasteiger charge is 2.26. The highest BCUT2D eigenvalue weighted by atomic mass is 19.3. The van der Waals surface area contributed by atoms with Crippen molar-refractivity contribution in [3.05, 3.63) is 35.1 Å². The van der Waals surface area contributed by atoms with Gasteiger partial charge in [-0.25, -0.2) is 13.2 Å². The topological polar surface area (TPSA) is 61.1 Å². The van der Waals surface area contributed by atoms with Crippen LogP contribution in [0.25, 0.3) is 0 Å². The Kier molecular flexibility index (Phi) is 4.10. The number of aliphatic carboxylic acids is 1. The lowest BCUT2D eigenvalue weighted by molar-refractivity contribution is -0.138. The van der Waals surface area contributed by atoms with Crippen molar-refractivity contribution in [1.82, 2.24) is 0 Å². The number of carboxylic acid groups (broad SMARTS) is 1. The molecule has 0 aromatic heterocycles. The van der Waals surface area contributed by atoms with E-state index in [1.807, 2.05) is 0 Å². The molecule has 0 fully saturated rings. The van der Waals surface area contributed by atoms with Gasteiger partial charge in [0.1, 0.15) is 11.9 Å². The third kappa shape index (κ3) is 3.21. The van der Waals surface area contributed by atoms with Crippen LogP contribution in [0.3, 0.4) is 0 Å². The monoisotopic (exact) mass is 243 g/mol. The summed E-state index contributed by atoms with van der Waals surface area (Å²) in [5.74, 6) is -3.74. The molecule has 1 aromatic carbocycles. The molecular formula is C11H8F3NO2. The van der Waals surface area contributed by atoms with E-state index in [4.69, 9.17) is 10.4 Å². The zero-order chi connectivity index (χ0) is 13.0. The molecule has 0 aliphatic carbocycles. The summed E-state index contributed by atoms with van der Waals surface area (Å²) in [6.45, 7) is 0. The fraction of sp³-hybridized carbons (Fsp3) is 0.273. The number of nitriles is 1. The van der Waals surface area contributed by atoms with Gasteiger partial charge in [-0.3, -0.25) is 4.79 Å². The van der Waals surface area contributed by atoms with Crippen LogP contribution in [0.2, 0.25) is 0 Å². The lowest BCUT2D eigenvalue weighted by atomic mass is 9.94. The molecular weight excluding hydrogens is 235 g/mol. The number of alkyl halides is 2. The molecule has 6 heteroatoms. The highest BCUT2D eigenvalue weighted by molar-refractivity contribution is 5.68. The molecule has 0 amide bonds. The summed E-state index contributed by atoms with van der Waals surface area (Å²) >= 11 is 0. The van der Waals surface area contributed by atoms with E-state index < -0.39 is 30.6 Å². The number of nitrogens with zero attached hydrogens (tertiary/aromatic N) is 1. The lowest BCUT2D eigenvalue weighted by Gasteiger charge is -2.14. The summed E-state index contributed by atoms with van der Waals surface area (Å²) in [5.41, 5.74) is -0.432. The Bertz CT molecular complexity index is 468. The number of carbonyl (C=O) groups is 1. The molecule has 0 spiro atoms. The first-order chi connectivity index (χ1) is 7.95. The van der Waals surface area contributed by atoms with Crippen LogP contribution in [0.4, 0.5) is 13.2 Å². The Morgan fingerprint density at radius 2 is 2.12 bits per heavy atom. The van der Waals surface area contributed by atoms with Crippen LogP contribution in [0.1, 0.15) is 23.5 Å². The maximum Gasteiger partial charge on any atom is 0.304 e. The summed E-state index contributed by atoms with van der Waals surface area (Å²) in [4.78, 5) is 10.4. The molecule has 0 bridgehead atoms. The Morgan fingerprint density at radius 3 is 2.59 bits per heavy atom. The summed E-state index contributed by atoms with van der Waals surface area (Å²) in [5, 5.41) is 17.1. The van der Waals surface area contributed by atoms with E-state index >= 15 is 0 Å². The van der Waals surface area contributed by atoms with Crippen molar-refractivity contribution in [2.75, 3.05) is 0 Å². The van der Waals surface area contributed by atoms with Crippen molar-refractivity contribution in [2.45, 2.75) is 18.8 Å². The standard InChI is InChI=1S/C11H8F3NO2/c12-9-2-1-6(3-7(9)5-15)8(11(13)14)4-10(16)17/h1-3,8,11H,4H2,(H,16,17). The van der Waals surface area contributed by atoms with Crippen molar-refractivity contribution in [3.63, 3.8) is 0 Å². The predicted octanol–water partition coefficient (Wildman–Crippen LogP) is 2.52. The third-order valence-corrected chi connectivity index (χ3v) is 2.24. The zero-order valence-corrected chi connectivity index (χ0v) is 8.53. The molecule has 1 rings (SSSR count). The molecule has 0 aliphatic rings. The fourth-order valence-electron chi connectivity index (χ4n) is 1.40. The van der Waals surface area contributed by atoms with Gasteiger partial charge in [0.2, 0.25) is 6.43 Å². The summed E-state index contributed by atoms with van der Waals surface area (Å²) in [6, 6.07) is 4.41. The molecule has 90 valence electrons. The first-order valence-corrected chi connectivity index (χ1v) is 4.65. The Balaban J connectivity index is 3.11. The SMILES string of the molecule is N#Cc1cc(C(CC(=O)O)C(F)F)ccc1F. The Labute approximate surface area is 95.1 Å². The van der Waals surface area contributed by atoms with Crippen molar-refractivity contribution in [2.24, 2.45) is 0 Å². The van der Waals surface area contributed by atoms with Crippen LogP contribution in [0.15, 0.2) is 18.2 Å². The summed E-state index contributed by atoms with van der Waals surface area (Å²) in [7, 11) is 0. The van der Waals surface area contributed by atoms with Gasteiger partial charge in [0, 0.05) is 0 Å². The van der Waals surface area contributed by atoms with Crippen LogP contribution in [0, 0.1) is 17.1 Å². The average Bonchev–Trinajstić information content (AvgIpc) is 2.26. The van der Waals surface area contributed by atoms with Crippen LogP contribution in [0.5, 0.6) is 0 Å². The number of hydrogen-bond acceptors (Lipinski definition) is 2. The maximum absolute atomic E-state index is 13.0. The zero-order valence-electron chi connectivity index (χ0n) is 8.53. The first-order valence-electron chi connectivity index (χ1n) is 4.65. The van der Waals surface area contributed by atoms with E-state index in [9.17, 15) is 18.0 Å². The van der Waals surface area contributed by atoms with Crippen molar-refractivity contribution >= 4 is 5.97 Å². The van der Waals surface area contributed by atoms with Gasteiger partial charge in [0.25, 0.3) is 0 Å². The van der Waals surface area contributed by atoms with Gasteiger partial charge in [-0.05, 0) is 17.7 Å². The molecule has 3 nitrogen and oxygen atoms in total. The molecule has 0 heterocycles. The quantitative estimate of drug-likeness (QED) is 0.883. The van der Waals surface area contributed by atoms with Crippen LogP contribution in [-0.4, -0.2) is 17.5 Å². The minimum atomic E-state index is -2.89. The van der Waals surface area contributed by atoms with Crippen LogP contribution >= 0.6 is 0 Å². The minimum Gasteiger partial charge on any atom is -0.481 e. The van der Waals surface area contributed by atoms with E-state index in [0.717, 1.165) is 18.2 Å². The number of hydrogen-bond donors (Lipinski definition) is 1. The van der Waals surface area contributed by atoms with Crippen LogP contribution < -0.4 is 0 Å². The minimum absolute atomic E-state index is 0.0552. The molecule has 17 heavy (non-hydrogen) atoms. The largest absolute Gasteiger partial charge is 0.481 e. The molecule has 1 N–H and O–H groups in total. The molecule has 0 aliphatic heterocycles. The van der Waals surface area contributed by atoms with Gasteiger partial charge in [-0.15, -0.1) is 0 Å². The van der Waals surface area contributed by atoms with Gasteiger partial charge < -0.3 is 5.11 Å². The van der Waals surface area contributed by atoms with Gasteiger partial charge in [0.15, 0.2) is 0 Å². The molecule has 0 saturated heterocycles. The summed E-state index contributed by atoms with van der Waals surface area (Å²) < 4.78 is 38.3. The van der Waals surface area contributed by atoms with E-state index in [-0.39, 0.29) is 11.1 Å². The molecule has 1 aromatic rings. The number of benzene rings is 1. The smallest absolute Gasteiger partial charge is 0.304 e. The third-order valence-electron chi connectivity index (χ3n) is 2.24. The van der Waals surface area contributed by atoms with Gasteiger partial charge in [-0.2, -0.15) is 5.26 Å². The second-order valence-corrected chi connectivity index (χ2v) is 3.39. The van der Waals surface area contributed by atoms with Gasteiger partial charge in [0.05, 0.1) is 17.9 Å². The molecule has 1 unspecified atom stereocenters. The number of rotatable bonds is 4. The molecule has 1 atom stereocenters. The Morgan fingerprint density at radius 1 is 1.47 bits per heavy atom. The van der Waals surface area contributed by atoms with Gasteiger partial charge in [-0.1, -0.05) is 6.07 Å².